The summed E-state index contributed by atoms with van der Waals surface area (Å²) in [6.45, 7) is 6.77. The maximum absolute atomic E-state index is 12.4. The van der Waals surface area contributed by atoms with Gasteiger partial charge in [0.25, 0.3) is 11.8 Å². The third-order valence-corrected chi connectivity index (χ3v) is 3.68. The van der Waals surface area contributed by atoms with E-state index in [-0.39, 0.29) is 11.8 Å². The van der Waals surface area contributed by atoms with Crippen LogP contribution in [0.2, 0.25) is 0 Å². The lowest BCUT2D eigenvalue weighted by Gasteiger charge is -2.09. The van der Waals surface area contributed by atoms with Gasteiger partial charge >= 0.3 is 0 Å². The highest BCUT2D eigenvalue weighted by Gasteiger charge is 2.11. The van der Waals surface area contributed by atoms with Crippen molar-refractivity contribution in [2.24, 2.45) is 5.92 Å². The van der Waals surface area contributed by atoms with Crippen molar-refractivity contribution >= 4 is 17.5 Å². The number of anilines is 1. The van der Waals surface area contributed by atoms with Crippen LogP contribution in [0, 0.1) is 5.92 Å². The van der Waals surface area contributed by atoms with Gasteiger partial charge in [-0.15, -0.1) is 0 Å². The molecule has 2 aromatic carbocycles. The number of benzene rings is 2. The van der Waals surface area contributed by atoms with Crippen LogP contribution in [0.5, 0.6) is 0 Å². The molecule has 0 atom stereocenters. The highest BCUT2D eigenvalue weighted by Crippen LogP contribution is 2.13. The molecule has 0 aliphatic rings. The summed E-state index contributed by atoms with van der Waals surface area (Å²) < 4.78 is 0. The van der Waals surface area contributed by atoms with E-state index in [2.05, 4.69) is 17.6 Å². The maximum Gasteiger partial charge on any atom is 0.255 e. The van der Waals surface area contributed by atoms with Gasteiger partial charge in [-0.3, -0.25) is 9.59 Å². The lowest BCUT2D eigenvalue weighted by molar-refractivity contribution is 0.0949. The zero-order valence-corrected chi connectivity index (χ0v) is 14.4. The summed E-state index contributed by atoms with van der Waals surface area (Å²) >= 11 is 0. The Labute approximate surface area is 143 Å². The van der Waals surface area contributed by atoms with Crippen molar-refractivity contribution in [2.45, 2.75) is 27.2 Å². The third-order valence-electron chi connectivity index (χ3n) is 3.68. The van der Waals surface area contributed by atoms with Gasteiger partial charge in [-0.1, -0.05) is 39.0 Å². The molecular formula is C20H24N2O2. The third kappa shape index (κ3) is 4.95. The standard InChI is InChI=1S/C20H24N2O2/c1-4-15-8-10-18(11-9-15)22-20(24)17-7-5-6-16(12-17)19(23)21-13-14(2)3/h5-12,14H,4,13H2,1-3H3,(H,21,23)(H,22,24). The largest absolute Gasteiger partial charge is 0.352 e. The van der Waals surface area contributed by atoms with Gasteiger partial charge in [0.2, 0.25) is 0 Å². The van der Waals surface area contributed by atoms with Crippen molar-refractivity contribution in [3.63, 3.8) is 0 Å². The second-order valence-electron chi connectivity index (χ2n) is 6.19. The fourth-order valence-corrected chi connectivity index (χ4v) is 2.23. The molecule has 0 bridgehead atoms. The van der Waals surface area contributed by atoms with Gasteiger partial charge in [0.1, 0.15) is 0 Å². The Kier molecular flexibility index (Phi) is 6.13. The zero-order valence-electron chi connectivity index (χ0n) is 14.4. The topological polar surface area (TPSA) is 58.2 Å². The number of nitrogens with one attached hydrogen (secondary N) is 2. The summed E-state index contributed by atoms with van der Waals surface area (Å²) in [5, 5.41) is 5.71. The van der Waals surface area contributed by atoms with E-state index < -0.39 is 0 Å². The summed E-state index contributed by atoms with van der Waals surface area (Å²) in [5.74, 6) is -0.00469. The van der Waals surface area contributed by atoms with E-state index in [9.17, 15) is 9.59 Å². The normalized spacial score (nSPS) is 10.5. The minimum absolute atomic E-state index is 0.161. The molecule has 0 spiro atoms. The second-order valence-corrected chi connectivity index (χ2v) is 6.19. The average Bonchev–Trinajstić information content (AvgIpc) is 2.60. The van der Waals surface area contributed by atoms with Gasteiger partial charge in [0.05, 0.1) is 0 Å². The van der Waals surface area contributed by atoms with E-state index in [1.807, 2.05) is 38.1 Å². The van der Waals surface area contributed by atoms with E-state index in [4.69, 9.17) is 0 Å². The molecule has 4 heteroatoms. The number of hydrogen-bond acceptors (Lipinski definition) is 2. The number of carbonyl (C=O) groups excluding carboxylic acids is 2. The van der Waals surface area contributed by atoms with Crippen molar-refractivity contribution in [3.8, 4) is 0 Å². The zero-order chi connectivity index (χ0) is 17.5. The van der Waals surface area contributed by atoms with E-state index in [1.165, 1.54) is 5.56 Å². The minimum atomic E-state index is -0.224. The predicted octanol–water partition coefficient (Wildman–Crippen LogP) is 3.89. The van der Waals surface area contributed by atoms with Crippen LogP contribution in [-0.4, -0.2) is 18.4 Å². The van der Waals surface area contributed by atoms with Gasteiger partial charge in [-0.25, -0.2) is 0 Å². The first-order valence-corrected chi connectivity index (χ1v) is 8.28. The van der Waals surface area contributed by atoms with Gasteiger partial charge < -0.3 is 10.6 Å². The fourth-order valence-electron chi connectivity index (χ4n) is 2.23. The molecule has 0 aliphatic heterocycles. The monoisotopic (exact) mass is 324 g/mol. The Bertz CT molecular complexity index is 706. The smallest absolute Gasteiger partial charge is 0.255 e. The molecular weight excluding hydrogens is 300 g/mol. The Morgan fingerprint density at radius 1 is 0.958 bits per heavy atom. The number of rotatable bonds is 6. The molecule has 0 radical (unpaired) electrons. The molecule has 2 N–H and O–H groups in total. The summed E-state index contributed by atoms with van der Waals surface area (Å²) in [5.41, 5.74) is 2.92. The van der Waals surface area contributed by atoms with Crippen LogP contribution in [0.4, 0.5) is 5.69 Å². The predicted molar refractivity (Wildman–Crippen MR) is 97.4 cm³/mol. The summed E-state index contributed by atoms with van der Waals surface area (Å²) in [6.07, 6.45) is 0.960. The molecule has 0 aromatic heterocycles. The summed E-state index contributed by atoms with van der Waals surface area (Å²) in [6, 6.07) is 14.5. The summed E-state index contributed by atoms with van der Waals surface area (Å²) in [7, 11) is 0. The fraction of sp³-hybridized carbons (Fsp3) is 0.300. The quantitative estimate of drug-likeness (QED) is 0.847. The van der Waals surface area contributed by atoms with Gasteiger partial charge in [-0.05, 0) is 48.2 Å². The molecule has 2 rings (SSSR count). The lowest BCUT2D eigenvalue weighted by atomic mass is 10.1. The molecule has 0 saturated carbocycles. The summed E-state index contributed by atoms with van der Waals surface area (Å²) in [4.78, 5) is 24.5. The van der Waals surface area contributed by atoms with Crippen LogP contribution >= 0.6 is 0 Å². The molecule has 4 nitrogen and oxygen atoms in total. The van der Waals surface area contributed by atoms with Crippen LogP contribution in [0.25, 0.3) is 0 Å². The minimum Gasteiger partial charge on any atom is -0.352 e. The lowest BCUT2D eigenvalue weighted by Crippen LogP contribution is -2.27. The Morgan fingerprint density at radius 2 is 1.58 bits per heavy atom. The first-order chi connectivity index (χ1) is 11.5. The molecule has 0 heterocycles. The van der Waals surface area contributed by atoms with Gasteiger partial charge in [0, 0.05) is 23.4 Å². The second kappa shape index (κ2) is 8.29. The van der Waals surface area contributed by atoms with Crippen LogP contribution < -0.4 is 10.6 Å². The van der Waals surface area contributed by atoms with Crippen LogP contribution in [0.15, 0.2) is 48.5 Å². The number of amides is 2. The van der Waals surface area contributed by atoms with Gasteiger partial charge in [-0.2, -0.15) is 0 Å². The maximum atomic E-state index is 12.4. The number of hydrogen-bond donors (Lipinski definition) is 2. The van der Waals surface area contributed by atoms with E-state index in [1.54, 1.807) is 24.3 Å². The first kappa shape index (κ1) is 17.7. The number of carbonyl (C=O) groups is 2. The SMILES string of the molecule is CCc1ccc(NC(=O)c2cccc(C(=O)NCC(C)C)c2)cc1. The Morgan fingerprint density at radius 3 is 2.17 bits per heavy atom. The Balaban J connectivity index is 2.06. The highest BCUT2D eigenvalue weighted by atomic mass is 16.2. The molecule has 126 valence electrons. The molecule has 0 fully saturated rings. The molecule has 0 unspecified atom stereocenters. The van der Waals surface area contributed by atoms with Crippen LogP contribution in [0.3, 0.4) is 0 Å². The van der Waals surface area contributed by atoms with Gasteiger partial charge in [0.15, 0.2) is 0 Å². The van der Waals surface area contributed by atoms with Crippen LogP contribution in [-0.2, 0) is 6.42 Å². The van der Waals surface area contributed by atoms with Crippen molar-refractivity contribution in [1.29, 1.82) is 0 Å². The van der Waals surface area contributed by atoms with Crippen molar-refractivity contribution in [3.05, 3.63) is 65.2 Å². The average molecular weight is 324 g/mol. The van der Waals surface area contributed by atoms with E-state index in [0.717, 1.165) is 12.1 Å². The first-order valence-electron chi connectivity index (χ1n) is 8.28. The Hall–Kier alpha value is -2.62. The molecule has 2 aromatic rings. The van der Waals surface area contributed by atoms with Crippen molar-refractivity contribution in [1.82, 2.24) is 5.32 Å². The van der Waals surface area contributed by atoms with E-state index in [0.29, 0.717) is 23.6 Å². The van der Waals surface area contributed by atoms with E-state index >= 15 is 0 Å². The van der Waals surface area contributed by atoms with Crippen molar-refractivity contribution < 1.29 is 9.59 Å². The molecule has 0 aliphatic carbocycles. The molecule has 24 heavy (non-hydrogen) atoms. The molecule has 2 amide bonds. The number of aryl methyl sites for hydroxylation is 1. The highest BCUT2D eigenvalue weighted by molar-refractivity contribution is 6.06. The molecule has 0 saturated heterocycles. The van der Waals surface area contributed by atoms with Crippen molar-refractivity contribution in [2.75, 3.05) is 11.9 Å². The van der Waals surface area contributed by atoms with Crippen LogP contribution in [0.1, 0.15) is 47.1 Å².